The van der Waals surface area contributed by atoms with E-state index < -0.39 is 10.0 Å². The summed E-state index contributed by atoms with van der Waals surface area (Å²) in [5.41, 5.74) is 3.18. The lowest BCUT2D eigenvalue weighted by Crippen LogP contribution is -2.27. The number of aryl methyl sites for hydroxylation is 2. The second-order valence-corrected chi connectivity index (χ2v) is 9.12. The van der Waals surface area contributed by atoms with Gasteiger partial charge in [0.1, 0.15) is 0 Å². The molecule has 0 saturated heterocycles. The summed E-state index contributed by atoms with van der Waals surface area (Å²) in [4.78, 5) is 18.2. The van der Waals surface area contributed by atoms with Crippen LogP contribution in [0.2, 0.25) is 0 Å². The van der Waals surface area contributed by atoms with Crippen LogP contribution in [0.5, 0.6) is 0 Å². The van der Waals surface area contributed by atoms with Crippen LogP contribution in [0.4, 0.5) is 10.8 Å². The molecule has 2 aromatic rings. The van der Waals surface area contributed by atoms with Crippen LogP contribution in [0.3, 0.4) is 0 Å². The Labute approximate surface area is 144 Å². The van der Waals surface area contributed by atoms with E-state index >= 15 is 0 Å². The lowest BCUT2D eigenvalue weighted by Gasteiger charge is -2.16. The molecule has 1 amide bonds. The summed E-state index contributed by atoms with van der Waals surface area (Å²) in [6.07, 6.45) is 4.99. The minimum atomic E-state index is -3.27. The van der Waals surface area contributed by atoms with Gasteiger partial charge in [-0.1, -0.05) is 0 Å². The third-order valence-corrected chi connectivity index (χ3v) is 6.66. The van der Waals surface area contributed by atoms with Crippen molar-refractivity contribution in [3.05, 3.63) is 39.9 Å². The van der Waals surface area contributed by atoms with Gasteiger partial charge < -0.3 is 0 Å². The maximum absolute atomic E-state index is 12.4. The number of carbonyl (C=O) groups excluding carboxylic acids is 1. The zero-order valence-corrected chi connectivity index (χ0v) is 14.8. The highest BCUT2D eigenvalue weighted by molar-refractivity contribution is 7.92. The minimum Gasteiger partial charge on any atom is -0.298 e. The van der Waals surface area contributed by atoms with E-state index in [1.807, 2.05) is 0 Å². The van der Waals surface area contributed by atoms with Crippen LogP contribution in [0, 0.1) is 0 Å². The highest BCUT2D eigenvalue weighted by Gasteiger charge is 2.27. The Morgan fingerprint density at radius 3 is 2.88 bits per heavy atom. The second-order valence-electron chi connectivity index (χ2n) is 6.13. The molecule has 0 fully saturated rings. The normalized spacial score (nSPS) is 16.1. The van der Waals surface area contributed by atoms with Crippen LogP contribution in [0.25, 0.3) is 0 Å². The van der Waals surface area contributed by atoms with Crippen molar-refractivity contribution in [1.82, 2.24) is 4.98 Å². The number of nitrogens with one attached hydrogen (secondary N) is 1. The molecule has 0 radical (unpaired) electrons. The quantitative estimate of drug-likeness (QED) is 0.907. The molecule has 1 aromatic heterocycles. The number of amides is 1. The number of carbonyl (C=O) groups is 1. The molecular weight excluding hydrogens is 346 g/mol. The van der Waals surface area contributed by atoms with Crippen molar-refractivity contribution < 1.29 is 13.2 Å². The van der Waals surface area contributed by atoms with Gasteiger partial charge in [0.2, 0.25) is 10.0 Å². The Kier molecular flexibility index (Phi) is 3.61. The first-order valence-electron chi connectivity index (χ1n) is 7.82. The molecule has 2 heterocycles. The van der Waals surface area contributed by atoms with Crippen LogP contribution >= 0.6 is 11.3 Å². The van der Waals surface area contributed by atoms with Gasteiger partial charge in [0.15, 0.2) is 5.13 Å². The van der Waals surface area contributed by atoms with Crippen molar-refractivity contribution in [2.45, 2.75) is 25.7 Å². The zero-order chi connectivity index (χ0) is 16.9. The molecule has 0 unspecified atom stereocenters. The maximum atomic E-state index is 12.4. The van der Waals surface area contributed by atoms with Gasteiger partial charge in [-0.2, -0.15) is 0 Å². The number of thiazole rings is 1. The van der Waals surface area contributed by atoms with Crippen molar-refractivity contribution in [3.63, 3.8) is 0 Å². The van der Waals surface area contributed by atoms with Gasteiger partial charge in [0, 0.05) is 17.0 Å². The number of sulfonamides is 1. The molecule has 24 heavy (non-hydrogen) atoms. The number of fused-ring (bicyclic) bond motifs is 2. The van der Waals surface area contributed by atoms with E-state index in [1.54, 1.807) is 29.5 Å². The highest BCUT2D eigenvalue weighted by atomic mass is 32.2. The molecule has 126 valence electrons. The van der Waals surface area contributed by atoms with E-state index in [9.17, 15) is 13.2 Å². The summed E-state index contributed by atoms with van der Waals surface area (Å²) in [6, 6.07) is 5.15. The molecule has 1 aliphatic carbocycles. The Bertz CT molecular complexity index is 913. The zero-order valence-electron chi connectivity index (χ0n) is 13.2. The second kappa shape index (κ2) is 5.56. The summed E-state index contributed by atoms with van der Waals surface area (Å²) >= 11 is 1.54. The third kappa shape index (κ3) is 2.69. The van der Waals surface area contributed by atoms with Crippen LogP contribution in [-0.2, 0) is 29.3 Å². The highest BCUT2D eigenvalue weighted by Crippen LogP contribution is 2.32. The average Bonchev–Trinajstić information content (AvgIpc) is 3.18. The lowest BCUT2D eigenvalue weighted by molar-refractivity contribution is 0.102. The Hall–Kier alpha value is -1.93. The topological polar surface area (TPSA) is 79.4 Å². The van der Waals surface area contributed by atoms with E-state index in [0.29, 0.717) is 29.3 Å². The molecule has 0 saturated carbocycles. The summed E-state index contributed by atoms with van der Waals surface area (Å²) in [6.45, 7) is 0.429. The first-order valence-corrected chi connectivity index (χ1v) is 10.5. The van der Waals surface area contributed by atoms with Crippen molar-refractivity contribution in [1.29, 1.82) is 0 Å². The molecule has 1 N–H and O–H groups in total. The maximum Gasteiger partial charge on any atom is 0.257 e. The SMILES string of the molecule is CS(=O)(=O)N1CCc2cc(C(=O)Nc3nc4c(s3)CCC4)ccc21. The fourth-order valence-electron chi connectivity index (χ4n) is 3.27. The van der Waals surface area contributed by atoms with Crippen LogP contribution in [-0.4, -0.2) is 32.1 Å². The fraction of sp³-hybridized carbons (Fsp3) is 0.375. The van der Waals surface area contributed by atoms with Crippen molar-refractivity contribution in [3.8, 4) is 0 Å². The van der Waals surface area contributed by atoms with Crippen molar-refractivity contribution in [2.24, 2.45) is 0 Å². The number of anilines is 2. The number of hydrogen-bond acceptors (Lipinski definition) is 5. The Morgan fingerprint density at radius 1 is 1.29 bits per heavy atom. The molecular formula is C16H17N3O3S2. The summed E-state index contributed by atoms with van der Waals surface area (Å²) < 4.78 is 24.9. The molecule has 8 heteroatoms. The van der Waals surface area contributed by atoms with Gasteiger partial charge in [-0.3, -0.25) is 14.4 Å². The van der Waals surface area contributed by atoms with E-state index in [4.69, 9.17) is 0 Å². The average molecular weight is 363 g/mol. The number of hydrogen-bond donors (Lipinski definition) is 1. The molecule has 0 bridgehead atoms. The fourth-order valence-corrected chi connectivity index (χ4v) is 5.27. The number of benzene rings is 1. The first-order chi connectivity index (χ1) is 11.4. The number of rotatable bonds is 3. The molecule has 2 aliphatic rings. The van der Waals surface area contributed by atoms with E-state index in [-0.39, 0.29) is 5.91 Å². The molecule has 6 nitrogen and oxygen atoms in total. The predicted molar refractivity (Wildman–Crippen MR) is 94.4 cm³/mol. The van der Waals surface area contributed by atoms with Crippen LogP contribution < -0.4 is 9.62 Å². The van der Waals surface area contributed by atoms with E-state index in [2.05, 4.69) is 10.3 Å². The molecule has 1 aromatic carbocycles. The summed E-state index contributed by atoms with van der Waals surface area (Å²) in [5, 5.41) is 3.50. The standard InChI is InChI=1S/C16H17N3O3S2/c1-24(21,22)19-8-7-10-9-11(5-6-13(10)19)15(20)18-16-17-12-3-2-4-14(12)23-16/h5-6,9H,2-4,7-8H2,1H3,(H,17,18,20). The largest absolute Gasteiger partial charge is 0.298 e. The van der Waals surface area contributed by atoms with Gasteiger partial charge >= 0.3 is 0 Å². The third-order valence-electron chi connectivity index (χ3n) is 4.41. The number of nitrogens with zero attached hydrogens (tertiary/aromatic N) is 2. The summed E-state index contributed by atoms with van der Waals surface area (Å²) in [7, 11) is -3.27. The number of aromatic nitrogens is 1. The van der Waals surface area contributed by atoms with Gasteiger partial charge in [0.05, 0.1) is 17.6 Å². The predicted octanol–water partition coefficient (Wildman–Crippen LogP) is 2.21. The smallest absolute Gasteiger partial charge is 0.257 e. The van der Waals surface area contributed by atoms with Crippen molar-refractivity contribution >= 4 is 38.1 Å². The van der Waals surface area contributed by atoms with Crippen LogP contribution in [0.1, 0.15) is 32.9 Å². The lowest BCUT2D eigenvalue weighted by atomic mass is 10.1. The van der Waals surface area contributed by atoms with E-state index in [1.165, 1.54) is 15.4 Å². The molecule has 1 aliphatic heterocycles. The minimum absolute atomic E-state index is 0.206. The monoisotopic (exact) mass is 363 g/mol. The Balaban J connectivity index is 1.55. The molecule has 0 spiro atoms. The molecule has 4 rings (SSSR count). The summed E-state index contributed by atoms with van der Waals surface area (Å²) in [5.74, 6) is -0.206. The molecule has 0 atom stereocenters. The van der Waals surface area contributed by atoms with Gasteiger partial charge in [-0.05, 0) is 49.4 Å². The van der Waals surface area contributed by atoms with Gasteiger partial charge in [-0.15, -0.1) is 11.3 Å². The van der Waals surface area contributed by atoms with Gasteiger partial charge in [-0.25, -0.2) is 13.4 Å². The van der Waals surface area contributed by atoms with Gasteiger partial charge in [0.25, 0.3) is 5.91 Å². The Morgan fingerprint density at radius 2 is 2.12 bits per heavy atom. The first kappa shape index (κ1) is 15.6. The van der Waals surface area contributed by atoms with E-state index in [0.717, 1.165) is 30.5 Å². The van der Waals surface area contributed by atoms with Crippen molar-refractivity contribution in [2.75, 3.05) is 22.4 Å². The van der Waals surface area contributed by atoms with Crippen LogP contribution in [0.15, 0.2) is 18.2 Å².